The van der Waals surface area contributed by atoms with Crippen LogP contribution in [0.4, 0.5) is 19.1 Å². The molecular weight excluding hydrogens is 425 g/mol. The number of halogens is 4. The Morgan fingerprint density at radius 1 is 1.24 bits per heavy atom. The molecule has 0 bridgehead atoms. The molecule has 11 heteroatoms. The predicted octanol–water partition coefficient (Wildman–Crippen LogP) is 3.17. The van der Waals surface area contributed by atoms with Crippen LogP contribution in [0.3, 0.4) is 0 Å². The van der Waals surface area contributed by atoms with Crippen LogP contribution in [0, 0.1) is 17.6 Å². The largest absolute Gasteiger partial charge is 0.379 e. The zero-order valence-corrected chi connectivity index (χ0v) is 17.4. The van der Waals surface area contributed by atoms with Gasteiger partial charge in [-0.3, -0.25) is 4.98 Å². The molecule has 2 N–H and O–H groups in total. The molecule has 156 valence electrons. The molecule has 0 radical (unpaired) electrons. The number of alkyl halides is 1. The van der Waals surface area contributed by atoms with E-state index in [2.05, 4.69) is 19.9 Å². The first-order valence-corrected chi connectivity index (χ1v) is 9.74. The first-order valence-electron chi connectivity index (χ1n) is 8.76. The lowest BCUT2D eigenvalue weighted by Crippen LogP contribution is -2.40. The van der Waals surface area contributed by atoms with Gasteiger partial charge in [0.1, 0.15) is 22.7 Å². The van der Waals surface area contributed by atoms with E-state index in [9.17, 15) is 13.2 Å². The molecule has 0 aliphatic carbocycles. The molecule has 0 amide bonds. The van der Waals surface area contributed by atoms with Crippen LogP contribution >= 0.6 is 24.2 Å². The minimum absolute atomic E-state index is 0. The Balaban J connectivity index is 0.00000240. The number of anilines is 1. The van der Waals surface area contributed by atoms with Crippen molar-refractivity contribution < 1.29 is 13.2 Å². The standard InChI is InChI=1S/C18H19F3N6S.ClH/c1-17(2,21)14-12(20)6-24-16(25-14)27-7-10-8-28-15(22)26-18(10,9-27)13-4-3-11(19)5-23-13;/h3-6,10H,7-9H2,1-2H3,(H2,22,26);1H/t10-,18-;/m0./s1. The Morgan fingerprint density at radius 3 is 2.66 bits per heavy atom. The quantitative estimate of drug-likeness (QED) is 0.783. The molecule has 29 heavy (non-hydrogen) atoms. The molecule has 0 spiro atoms. The van der Waals surface area contributed by atoms with Gasteiger partial charge in [-0.2, -0.15) is 0 Å². The van der Waals surface area contributed by atoms with Crippen molar-refractivity contribution in [2.75, 3.05) is 23.7 Å². The summed E-state index contributed by atoms with van der Waals surface area (Å²) in [5.74, 6) is -0.311. The highest BCUT2D eigenvalue weighted by Crippen LogP contribution is 2.45. The molecule has 2 aliphatic heterocycles. The summed E-state index contributed by atoms with van der Waals surface area (Å²) in [7, 11) is 0. The van der Waals surface area contributed by atoms with E-state index in [1.54, 1.807) is 6.07 Å². The molecule has 2 aromatic heterocycles. The molecule has 1 saturated heterocycles. The smallest absolute Gasteiger partial charge is 0.225 e. The number of hydrogen-bond acceptors (Lipinski definition) is 7. The van der Waals surface area contributed by atoms with Gasteiger partial charge in [0.15, 0.2) is 11.0 Å². The summed E-state index contributed by atoms with van der Waals surface area (Å²) in [6.07, 6.45) is 2.13. The number of nitrogens with zero attached hydrogens (tertiary/aromatic N) is 5. The second-order valence-electron chi connectivity index (χ2n) is 7.46. The van der Waals surface area contributed by atoms with E-state index in [1.165, 1.54) is 31.7 Å². The lowest BCUT2D eigenvalue weighted by atomic mass is 9.85. The van der Waals surface area contributed by atoms with E-state index in [4.69, 9.17) is 5.73 Å². The van der Waals surface area contributed by atoms with E-state index in [0.29, 0.717) is 29.7 Å². The van der Waals surface area contributed by atoms with E-state index in [0.717, 1.165) is 12.4 Å². The van der Waals surface area contributed by atoms with Crippen LogP contribution in [0.1, 0.15) is 25.2 Å². The van der Waals surface area contributed by atoms with Gasteiger partial charge in [-0.15, -0.1) is 12.4 Å². The van der Waals surface area contributed by atoms with Crippen LogP contribution < -0.4 is 10.6 Å². The Labute approximate surface area is 176 Å². The SMILES string of the molecule is CC(C)(F)c1nc(N2C[C@H]3CSC(N)=N[C@@]3(c3ccc(F)cn3)C2)ncc1F.Cl. The van der Waals surface area contributed by atoms with Crippen LogP contribution in [-0.4, -0.2) is 39.0 Å². The molecule has 0 unspecified atom stereocenters. The summed E-state index contributed by atoms with van der Waals surface area (Å²) in [6, 6.07) is 2.93. The van der Waals surface area contributed by atoms with Gasteiger partial charge >= 0.3 is 0 Å². The van der Waals surface area contributed by atoms with Crippen molar-refractivity contribution in [1.82, 2.24) is 15.0 Å². The number of aromatic nitrogens is 3. The number of rotatable bonds is 3. The maximum Gasteiger partial charge on any atom is 0.225 e. The van der Waals surface area contributed by atoms with E-state index >= 15 is 0 Å². The van der Waals surface area contributed by atoms with E-state index in [1.807, 2.05) is 4.90 Å². The van der Waals surface area contributed by atoms with E-state index < -0.39 is 22.8 Å². The Morgan fingerprint density at radius 2 is 2.00 bits per heavy atom. The van der Waals surface area contributed by atoms with Gasteiger partial charge in [-0.25, -0.2) is 28.1 Å². The first-order chi connectivity index (χ1) is 13.2. The van der Waals surface area contributed by atoms with Crippen molar-refractivity contribution in [3.63, 3.8) is 0 Å². The average molecular weight is 445 g/mol. The van der Waals surface area contributed by atoms with Gasteiger partial charge in [0.2, 0.25) is 5.95 Å². The number of thioether (sulfide) groups is 1. The fourth-order valence-electron chi connectivity index (χ4n) is 3.69. The van der Waals surface area contributed by atoms with Crippen LogP contribution in [0.2, 0.25) is 0 Å². The molecule has 2 aromatic rings. The Bertz CT molecular complexity index is 936. The monoisotopic (exact) mass is 444 g/mol. The summed E-state index contributed by atoms with van der Waals surface area (Å²) in [5, 5.41) is 0.426. The van der Waals surface area contributed by atoms with Gasteiger partial charge in [-0.1, -0.05) is 11.8 Å². The van der Waals surface area contributed by atoms with Crippen molar-refractivity contribution in [1.29, 1.82) is 0 Å². The highest BCUT2D eigenvalue weighted by molar-refractivity contribution is 8.13. The zero-order chi connectivity index (χ0) is 20.1. The number of nitrogens with two attached hydrogens (primary N) is 1. The molecule has 2 aliphatic rings. The molecule has 4 rings (SSSR count). The van der Waals surface area contributed by atoms with Gasteiger partial charge in [0.25, 0.3) is 0 Å². The van der Waals surface area contributed by atoms with Crippen LogP contribution in [0.25, 0.3) is 0 Å². The van der Waals surface area contributed by atoms with Gasteiger partial charge in [0.05, 0.1) is 24.6 Å². The third-order valence-corrected chi connectivity index (χ3v) is 5.99. The zero-order valence-electron chi connectivity index (χ0n) is 15.8. The van der Waals surface area contributed by atoms with Crippen molar-refractivity contribution in [3.05, 3.63) is 47.5 Å². The van der Waals surface area contributed by atoms with Crippen molar-refractivity contribution in [3.8, 4) is 0 Å². The summed E-state index contributed by atoms with van der Waals surface area (Å²) in [4.78, 5) is 18.9. The maximum atomic E-state index is 14.3. The van der Waals surface area contributed by atoms with Crippen LogP contribution in [0.15, 0.2) is 29.5 Å². The Kier molecular flexibility index (Phi) is 5.70. The number of aliphatic imine (C=N–C) groups is 1. The molecule has 4 heterocycles. The van der Waals surface area contributed by atoms with Gasteiger partial charge in [-0.05, 0) is 26.0 Å². The van der Waals surface area contributed by atoms with Crippen LogP contribution in [0.5, 0.6) is 0 Å². The lowest BCUT2D eigenvalue weighted by Gasteiger charge is -2.33. The first kappa shape index (κ1) is 21.6. The molecular formula is C18H20ClF3N6S. The highest BCUT2D eigenvalue weighted by atomic mass is 35.5. The summed E-state index contributed by atoms with van der Waals surface area (Å²) < 4.78 is 41.7. The lowest BCUT2D eigenvalue weighted by molar-refractivity contribution is 0.205. The topological polar surface area (TPSA) is 80.3 Å². The minimum Gasteiger partial charge on any atom is -0.379 e. The number of amidine groups is 1. The average Bonchev–Trinajstić information content (AvgIpc) is 3.01. The molecule has 0 aromatic carbocycles. The molecule has 1 fully saturated rings. The van der Waals surface area contributed by atoms with Gasteiger partial charge < -0.3 is 10.6 Å². The summed E-state index contributed by atoms with van der Waals surface area (Å²) >= 11 is 1.44. The second kappa shape index (κ2) is 7.64. The summed E-state index contributed by atoms with van der Waals surface area (Å²) in [6.45, 7) is 3.34. The Hall–Kier alpha value is -2.07. The molecule has 0 saturated carbocycles. The predicted molar refractivity (Wildman–Crippen MR) is 109 cm³/mol. The maximum absolute atomic E-state index is 14.3. The van der Waals surface area contributed by atoms with E-state index in [-0.39, 0.29) is 30.0 Å². The number of hydrogen-bond donors (Lipinski definition) is 1. The fourth-order valence-corrected chi connectivity index (χ4v) is 4.67. The molecule has 6 nitrogen and oxygen atoms in total. The highest BCUT2D eigenvalue weighted by Gasteiger charge is 2.52. The van der Waals surface area contributed by atoms with Crippen molar-refractivity contribution >= 4 is 35.3 Å². The number of fused-ring (bicyclic) bond motifs is 1. The van der Waals surface area contributed by atoms with Crippen LogP contribution in [-0.2, 0) is 11.2 Å². The minimum atomic E-state index is -1.94. The van der Waals surface area contributed by atoms with Crippen molar-refractivity contribution in [2.24, 2.45) is 16.6 Å². The molecule has 2 atom stereocenters. The van der Waals surface area contributed by atoms with Crippen molar-refractivity contribution in [2.45, 2.75) is 25.1 Å². The fraction of sp³-hybridized carbons (Fsp3) is 0.444. The van der Waals surface area contributed by atoms with Gasteiger partial charge in [0, 0.05) is 18.2 Å². The number of pyridine rings is 1. The summed E-state index contributed by atoms with van der Waals surface area (Å²) in [5.41, 5.74) is 3.57. The normalized spacial score (nSPS) is 24.0. The second-order valence-corrected chi connectivity index (χ2v) is 8.50. The third kappa shape index (κ3) is 3.87. The third-order valence-electron chi connectivity index (χ3n) is 5.04.